The molecule has 9 heteroatoms. The topological polar surface area (TPSA) is 67.5 Å². The molecule has 1 unspecified atom stereocenters. The van der Waals surface area contributed by atoms with Gasteiger partial charge in [-0.1, -0.05) is 0 Å². The normalized spacial score (nSPS) is 16.4. The van der Waals surface area contributed by atoms with Gasteiger partial charge in [0.1, 0.15) is 5.67 Å². The molecule has 154 valence electrons. The van der Waals surface area contributed by atoms with Crippen LogP contribution in [0.15, 0.2) is 35.6 Å². The van der Waals surface area contributed by atoms with Gasteiger partial charge >= 0.3 is 0 Å². The molecule has 0 bridgehead atoms. The number of nitrogens with zero attached hydrogens (tertiary/aromatic N) is 5. The Morgan fingerprint density at radius 3 is 2.79 bits per heavy atom. The van der Waals surface area contributed by atoms with Crippen molar-refractivity contribution in [3.8, 4) is 11.3 Å². The smallest absolute Gasteiger partial charge is 0.241 e. The minimum atomic E-state index is -2.43. The Balaban J connectivity index is 0.00000256. The summed E-state index contributed by atoms with van der Waals surface area (Å²) in [6.45, 7) is 4.78. The zero-order chi connectivity index (χ0) is 20.8. The fourth-order valence-electron chi connectivity index (χ4n) is 3.38. The van der Waals surface area contributed by atoms with Crippen LogP contribution in [0.1, 0.15) is 40.2 Å². The first-order chi connectivity index (χ1) is 13.7. The van der Waals surface area contributed by atoms with Gasteiger partial charge in [-0.05, 0) is 39.0 Å². The summed E-state index contributed by atoms with van der Waals surface area (Å²) in [4.78, 5) is 13.3. The quantitative estimate of drug-likeness (QED) is 0.625. The molecule has 6 nitrogen and oxygen atoms in total. The number of hydrogen-bond donors (Lipinski definition) is 1. The number of pyridine rings is 1. The molecule has 3 aromatic rings. The lowest BCUT2D eigenvalue weighted by molar-refractivity contribution is 0.135. The van der Waals surface area contributed by atoms with Crippen LogP contribution in [-0.4, -0.2) is 43.9 Å². The zero-order valence-electron chi connectivity index (χ0n) is 16.3. The molecule has 0 amide bonds. The second-order valence-electron chi connectivity index (χ2n) is 7.75. The molecule has 4 rings (SSSR count). The Morgan fingerprint density at radius 2 is 2.07 bits per heavy atom. The van der Waals surface area contributed by atoms with Crippen molar-refractivity contribution >= 4 is 22.9 Å². The van der Waals surface area contributed by atoms with Gasteiger partial charge in [0.05, 0.1) is 35.3 Å². The zero-order valence-corrected chi connectivity index (χ0v) is 16.3. The van der Waals surface area contributed by atoms with Gasteiger partial charge in [-0.2, -0.15) is 0 Å². The number of fused-ring (bicyclic) bond motifs is 2. The summed E-state index contributed by atoms with van der Waals surface area (Å²) in [5, 5.41) is 7.21. The minimum absolute atomic E-state index is 0. The lowest BCUT2D eigenvalue weighted by atomic mass is 9.97. The maximum atomic E-state index is 13.7. The van der Waals surface area contributed by atoms with Crippen molar-refractivity contribution in [3.05, 3.63) is 36.3 Å². The van der Waals surface area contributed by atoms with E-state index >= 15 is 0 Å². The molecule has 0 saturated carbocycles. The monoisotopic (exact) mass is 404 g/mol. The van der Waals surface area contributed by atoms with Crippen LogP contribution in [0.3, 0.4) is 0 Å². The second-order valence-corrected chi connectivity index (χ2v) is 7.75. The molecule has 0 fully saturated rings. The summed E-state index contributed by atoms with van der Waals surface area (Å²) in [6.07, 6.45) is 0.665. The Labute approximate surface area is 167 Å². The van der Waals surface area contributed by atoms with Gasteiger partial charge in [0.15, 0.2) is 0 Å². The predicted octanol–water partition coefficient (Wildman–Crippen LogP) is 5.04. The van der Waals surface area contributed by atoms with E-state index in [0.29, 0.717) is 34.3 Å². The highest BCUT2D eigenvalue weighted by molar-refractivity contribution is 5.96. The van der Waals surface area contributed by atoms with Gasteiger partial charge < -0.3 is 5.32 Å². The molecule has 0 aliphatic carbocycles. The lowest BCUT2D eigenvalue weighted by Gasteiger charge is -2.14. The molecular formula is C20H23F3N6. The number of aromatic nitrogens is 4. The molecule has 0 spiro atoms. The summed E-state index contributed by atoms with van der Waals surface area (Å²) >= 11 is 0. The highest BCUT2D eigenvalue weighted by Crippen LogP contribution is 2.39. The molecule has 29 heavy (non-hydrogen) atoms. The van der Waals surface area contributed by atoms with Crippen LogP contribution in [0.2, 0.25) is 0 Å². The molecule has 1 aliphatic rings. The maximum Gasteiger partial charge on any atom is 0.241 e. The van der Waals surface area contributed by atoms with Gasteiger partial charge in [0.2, 0.25) is 12.4 Å². The van der Waals surface area contributed by atoms with Gasteiger partial charge in [-0.3, -0.25) is 4.99 Å². The third kappa shape index (κ3) is 3.94. The number of aliphatic imine (C=N–C) groups is 1. The van der Waals surface area contributed by atoms with Crippen molar-refractivity contribution < 1.29 is 14.6 Å². The maximum absolute atomic E-state index is 13.7. The van der Waals surface area contributed by atoms with Crippen LogP contribution in [-0.2, 0) is 0 Å². The molecule has 1 N–H and O–H groups in total. The number of anilines is 1. The number of nitrogens with one attached hydrogen (secondary N) is 1. The van der Waals surface area contributed by atoms with E-state index in [1.54, 1.807) is 29.9 Å². The van der Waals surface area contributed by atoms with E-state index < -0.39 is 18.0 Å². The highest BCUT2D eigenvalue weighted by Gasteiger charge is 2.29. The number of hydrogen-bond acceptors (Lipinski definition) is 5. The van der Waals surface area contributed by atoms with E-state index in [4.69, 9.17) is 0 Å². The van der Waals surface area contributed by atoms with Crippen LogP contribution in [0.5, 0.6) is 0 Å². The van der Waals surface area contributed by atoms with Crippen LogP contribution < -0.4 is 5.32 Å². The van der Waals surface area contributed by atoms with Crippen LogP contribution in [0, 0.1) is 0 Å². The van der Waals surface area contributed by atoms with Crippen molar-refractivity contribution in [3.63, 3.8) is 0 Å². The first kappa shape index (κ1) is 19.4. The standard InChI is InChI=1S/C20H21F3N6.H2/c1-11-13(8-17(21)22)18-15(26-11)5-4-14(27-18)12-6-7-29-16(12)9-24-19(28-29)25-10-20(2,3)23;/h4-7,9,13,17H,8,10H2,1-3H3,(H,25,28);1H. The Morgan fingerprint density at radius 1 is 1.28 bits per heavy atom. The first-order valence-corrected chi connectivity index (χ1v) is 9.33. The minimum Gasteiger partial charge on any atom is -0.350 e. The molecule has 0 aromatic carbocycles. The fourth-order valence-corrected chi connectivity index (χ4v) is 3.38. The Kier molecular flexibility index (Phi) is 4.76. The molecule has 1 atom stereocenters. The van der Waals surface area contributed by atoms with Crippen molar-refractivity contribution in [2.75, 3.05) is 11.9 Å². The van der Waals surface area contributed by atoms with Crippen LogP contribution in [0.4, 0.5) is 24.8 Å². The average Bonchev–Trinajstić information content (AvgIpc) is 3.19. The molecule has 0 saturated heterocycles. The second kappa shape index (κ2) is 7.13. The predicted molar refractivity (Wildman–Crippen MR) is 108 cm³/mol. The number of rotatable bonds is 6. The van der Waals surface area contributed by atoms with Gasteiger partial charge in [0, 0.05) is 31.2 Å². The lowest BCUT2D eigenvalue weighted by Crippen LogP contribution is -2.25. The first-order valence-electron chi connectivity index (χ1n) is 9.33. The summed E-state index contributed by atoms with van der Waals surface area (Å²) in [7, 11) is 0. The number of alkyl halides is 3. The van der Waals surface area contributed by atoms with Crippen LogP contribution >= 0.6 is 0 Å². The third-order valence-electron chi connectivity index (χ3n) is 4.81. The summed E-state index contributed by atoms with van der Waals surface area (Å²) in [6, 6.07) is 5.45. The van der Waals surface area contributed by atoms with Gasteiger partial charge in [-0.25, -0.2) is 27.7 Å². The van der Waals surface area contributed by atoms with E-state index in [0.717, 1.165) is 5.56 Å². The fraction of sp³-hybridized carbons (Fsp3) is 0.400. The molecular weight excluding hydrogens is 381 g/mol. The Hall–Kier alpha value is -2.97. The third-order valence-corrected chi connectivity index (χ3v) is 4.81. The summed E-state index contributed by atoms with van der Waals surface area (Å²) in [5.74, 6) is -0.164. The van der Waals surface area contributed by atoms with E-state index in [2.05, 4.69) is 25.4 Å². The van der Waals surface area contributed by atoms with Gasteiger partial charge in [-0.15, -0.1) is 5.10 Å². The SMILES string of the molecule is CC1=Nc2ccc(-c3ccn4nc(NCC(C)(C)F)ncc34)nc2C1CC(F)F.[HH]. The van der Waals surface area contributed by atoms with E-state index in [-0.39, 0.29) is 14.4 Å². The molecule has 4 heterocycles. The van der Waals surface area contributed by atoms with E-state index in [1.165, 1.54) is 13.8 Å². The van der Waals surface area contributed by atoms with Crippen molar-refractivity contribution in [2.24, 2.45) is 4.99 Å². The molecule has 0 radical (unpaired) electrons. The molecule has 1 aliphatic heterocycles. The highest BCUT2D eigenvalue weighted by atomic mass is 19.3. The van der Waals surface area contributed by atoms with E-state index in [9.17, 15) is 13.2 Å². The van der Waals surface area contributed by atoms with Crippen LogP contribution in [0.25, 0.3) is 16.8 Å². The summed E-state index contributed by atoms with van der Waals surface area (Å²) < 4.78 is 41.3. The Bertz CT molecular complexity index is 1090. The van der Waals surface area contributed by atoms with E-state index in [1.807, 2.05) is 12.1 Å². The van der Waals surface area contributed by atoms with Crippen molar-refractivity contribution in [1.82, 2.24) is 19.6 Å². The average molecular weight is 404 g/mol. The number of halogens is 3. The largest absolute Gasteiger partial charge is 0.350 e. The van der Waals surface area contributed by atoms with Crippen molar-refractivity contribution in [1.29, 1.82) is 0 Å². The summed E-state index contributed by atoms with van der Waals surface area (Å²) in [5.41, 5.74) is 2.62. The molecule has 3 aromatic heterocycles. The van der Waals surface area contributed by atoms with Crippen molar-refractivity contribution in [2.45, 2.75) is 45.2 Å². The van der Waals surface area contributed by atoms with Gasteiger partial charge in [0.25, 0.3) is 0 Å².